The molecule has 0 aromatic heterocycles. The number of hydrogen-bond donors (Lipinski definition) is 5. The Balaban J connectivity index is 0.000000255. The van der Waals surface area contributed by atoms with Crippen LogP contribution in [-0.2, 0) is 46.3 Å². The van der Waals surface area contributed by atoms with Crippen molar-refractivity contribution in [2.75, 3.05) is 27.2 Å². The second-order valence-electron chi connectivity index (χ2n) is 21.1. The summed E-state index contributed by atoms with van der Waals surface area (Å²) in [7, 11) is 3.25. The number of carbonyl (C=O) groups excluding carboxylic acids is 7. The van der Waals surface area contributed by atoms with Gasteiger partial charge in [-0.3, -0.25) is 33.7 Å². The second-order valence-corrected chi connectivity index (χ2v) is 21.5. The van der Waals surface area contributed by atoms with Crippen molar-refractivity contribution in [3.63, 3.8) is 0 Å². The summed E-state index contributed by atoms with van der Waals surface area (Å²) in [5.74, 6) is 0.0948. The van der Waals surface area contributed by atoms with Gasteiger partial charge < -0.3 is 41.5 Å². The summed E-state index contributed by atoms with van der Waals surface area (Å²) in [6.07, 6.45) is 5.91. The highest BCUT2D eigenvalue weighted by atomic mass is 35.5. The Morgan fingerprint density at radius 2 is 1.17 bits per heavy atom. The largest absolute Gasteiger partial charge is 0.444 e. The molecule has 2 saturated carbocycles. The van der Waals surface area contributed by atoms with Gasteiger partial charge in [0.25, 0.3) is 0 Å². The zero-order valence-corrected chi connectivity index (χ0v) is 44.1. The van der Waals surface area contributed by atoms with Gasteiger partial charge in [0.05, 0.1) is 18.5 Å². The number of nitrogens with one attached hydrogen (secondary N) is 4. The lowest BCUT2D eigenvalue weighted by Gasteiger charge is -2.34. The van der Waals surface area contributed by atoms with Gasteiger partial charge in [-0.25, -0.2) is 4.79 Å². The van der Waals surface area contributed by atoms with E-state index in [1.54, 1.807) is 41.7 Å². The first-order valence-electron chi connectivity index (χ1n) is 25.1. The number of hydrogen-bond acceptors (Lipinski definition) is 10. The van der Waals surface area contributed by atoms with Gasteiger partial charge in [-0.1, -0.05) is 88.4 Å². The smallest absolute Gasteiger partial charge is 0.410 e. The lowest BCUT2D eigenvalue weighted by molar-refractivity contribution is -0.139. The van der Waals surface area contributed by atoms with Gasteiger partial charge in [-0.2, -0.15) is 0 Å². The normalized spacial score (nSPS) is 23.0. The van der Waals surface area contributed by atoms with Crippen LogP contribution >= 0.6 is 11.6 Å². The Labute approximate surface area is 421 Å². The molecule has 2 aliphatic carbocycles. The van der Waals surface area contributed by atoms with Crippen LogP contribution in [0.1, 0.15) is 112 Å². The predicted molar refractivity (Wildman–Crippen MR) is 272 cm³/mol. The molecule has 2 heterocycles. The molecule has 2 saturated heterocycles. The summed E-state index contributed by atoms with van der Waals surface area (Å²) in [5, 5.41) is 11.6. The van der Waals surface area contributed by atoms with E-state index in [4.69, 9.17) is 22.1 Å². The molecule has 6 amide bonds. The van der Waals surface area contributed by atoms with Crippen LogP contribution in [0.15, 0.2) is 60.7 Å². The van der Waals surface area contributed by atoms with Gasteiger partial charge >= 0.3 is 6.09 Å². The number of benzene rings is 2. The molecular weight excluding hydrogens is 912 g/mol. The molecule has 6 unspecified atom stereocenters. The number of halogens is 1. The maximum absolute atomic E-state index is 13.5. The number of carbonyl (C=O) groups is 7. The maximum Gasteiger partial charge on any atom is 0.410 e. The van der Waals surface area contributed by atoms with Gasteiger partial charge in [0.2, 0.25) is 34.8 Å². The van der Waals surface area contributed by atoms with Gasteiger partial charge in [-0.15, -0.1) is 0 Å². The van der Waals surface area contributed by atoms with Crippen LogP contribution in [-0.4, -0.2) is 137 Å². The minimum Gasteiger partial charge on any atom is -0.444 e. The SMILES string of the molecule is CC(C)[C@H](NC(=O)[C@H](C)N(C)C(=O)OC(C)(C)C)C(=O)N1CCC2CCC(N)C21.CN[C@@H](C)C(=O)N[C@H](C(=O)N1CCC2CCC(NC(=O)Cc3ccccc3)C21)C(C)C.O=C(Cl)Cc1ccccc1. The van der Waals surface area contributed by atoms with E-state index in [0.29, 0.717) is 37.8 Å². The molecule has 388 valence electrons. The lowest BCUT2D eigenvalue weighted by atomic mass is 9.99. The van der Waals surface area contributed by atoms with E-state index < -0.39 is 29.8 Å². The highest BCUT2D eigenvalue weighted by Crippen LogP contribution is 2.39. The van der Waals surface area contributed by atoms with Crippen LogP contribution in [0.25, 0.3) is 0 Å². The van der Waals surface area contributed by atoms with E-state index >= 15 is 0 Å². The van der Waals surface area contributed by atoms with Crippen LogP contribution in [0.5, 0.6) is 0 Å². The number of likely N-dealkylation sites (N-methyl/N-ethyl adjacent to an activating group) is 2. The van der Waals surface area contributed by atoms with Crippen molar-refractivity contribution in [2.45, 2.75) is 168 Å². The number of rotatable bonds is 15. The van der Waals surface area contributed by atoms with Crippen molar-refractivity contribution in [1.82, 2.24) is 36.0 Å². The van der Waals surface area contributed by atoms with Crippen LogP contribution < -0.4 is 27.0 Å². The van der Waals surface area contributed by atoms with Gasteiger partial charge in [0.1, 0.15) is 23.7 Å². The minimum atomic E-state index is -0.765. The molecule has 6 rings (SSSR count). The molecule has 2 aromatic carbocycles. The number of ether oxygens (including phenoxy) is 1. The summed E-state index contributed by atoms with van der Waals surface area (Å²) in [6, 6.07) is 16.8. The first-order valence-corrected chi connectivity index (χ1v) is 25.5. The molecule has 4 fully saturated rings. The number of nitrogens with zero attached hydrogens (tertiary/aromatic N) is 3. The first-order chi connectivity index (χ1) is 32.9. The average Bonchev–Trinajstić information content (AvgIpc) is 4.11. The standard InChI is InChI=1S/C24H36N4O3.C21H38N4O4.C8H7ClO/c1-15(2)21(27-23(30)16(3)25-4)24(31)28-13-12-18-10-11-19(22(18)28)26-20(29)14-17-8-6-5-7-9-17;1-12(2)16(19(27)25-11-10-14-8-9-15(22)17(14)25)23-18(26)13(3)24(7)20(28)29-21(4,5)6;9-8(10)6-7-4-2-1-3-5-7/h5-9,15-16,18-19,21-22,25H,10-14H2,1-4H3,(H,26,29)(H,27,30);12-17H,8-11,22H2,1-7H3,(H,23,26);1-5H,6H2/t16-,18?,19?,21-,22?;13-,14?,15?,16-,17?;/m00./s1. The maximum atomic E-state index is 13.5. The number of nitrogens with two attached hydrogens (primary N) is 1. The molecule has 70 heavy (non-hydrogen) atoms. The van der Waals surface area contributed by atoms with Gasteiger partial charge in [-0.05, 0) is 127 Å². The first kappa shape index (κ1) is 57.5. The topological polar surface area (TPSA) is 213 Å². The number of fused-ring (bicyclic) bond motifs is 2. The molecule has 17 heteroatoms. The van der Waals surface area contributed by atoms with Crippen molar-refractivity contribution in [1.29, 1.82) is 0 Å². The quantitative estimate of drug-likeness (QED) is 0.148. The predicted octanol–water partition coefficient (Wildman–Crippen LogP) is 5.19. The fourth-order valence-electron chi connectivity index (χ4n) is 9.86. The van der Waals surface area contributed by atoms with Crippen molar-refractivity contribution in [3.05, 3.63) is 71.8 Å². The van der Waals surface area contributed by atoms with E-state index in [2.05, 4.69) is 21.3 Å². The molecule has 0 radical (unpaired) electrons. The second kappa shape index (κ2) is 26.4. The number of likely N-dealkylation sites (tertiary alicyclic amines) is 2. The molecule has 16 nitrogen and oxygen atoms in total. The van der Waals surface area contributed by atoms with E-state index in [1.165, 1.54) is 11.9 Å². The third-order valence-electron chi connectivity index (χ3n) is 14.0. The summed E-state index contributed by atoms with van der Waals surface area (Å²) >= 11 is 5.17. The van der Waals surface area contributed by atoms with Crippen molar-refractivity contribution < 1.29 is 38.3 Å². The highest BCUT2D eigenvalue weighted by Gasteiger charge is 2.49. The summed E-state index contributed by atoms with van der Waals surface area (Å²) in [4.78, 5) is 92.3. The molecule has 10 atom stereocenters. The zero-order chi connectivity index (χ0) is 52.0. The molecule has 0 bridgehead atoms. The molecular formula is C53H81ClN8O8. The Morgan fingerprint density at radius 3 is 1.66 bits per heavy atom. The van der Waals surface area contributed by atoms with Crippen LogP contribution in [0.4, 0.5) is 4.79 Å². The molecule has 2 aliphatic heterocycles. The van der Waals surface area contributed by atoms with Crippen LogP contribution in [0.3, 0.4) is 0 Å². The van der Waals surface area contributed by atoms with E-state index in [0.717, 1.165) is 49.7 Å². The van der Waals surface area contributed by atoms with Gasteiger partial charge in [0.15, 0.2) is 0 Å². The lowest BCUT2D eigenvalue weighted by Crippen LogP contribution is -2.58. The van der Waals surface area contributed by atoms with Crippen molar-refractivity contribution in [3.8, 4) is 0 Å². The average molecular weight is 994 g/mol. The fraction of sp³-hybridized carbons (Fsp3) is 0.642. The Bertz CT molecular complexity index is 2070. The van der Waals surface area contributed by atoms with Gasteiger partial charge in [0, 0.05) is 44.7 Å². The molecule has 6 N–H and O–H groups in total. The molecule has 2 aromatic rings. The van der Waals surface area contributed by atoms with Crippen LogP contribution in [0.2, 0.25) is 0 Å². The Hall–Kier alpha value is -5.06. The summed E-state index contributed by atoms with van der Waals surface area (Å²) < 4.78 is 5.33. The highest BCUT2D eigenvalue weighted by molar-refractivity contribution is 6.63. The van der Waals surface area contributed by atoms with E-state index in [1.807, 2.05) is 98.2 Å². The summed E-state index contributed by atoms with van der Waals surface area (Å²) in [5.41, 5.74) is 7.55. The Kier molecular flexibility index (Phi) is 21.7. The molecule has 4 aliphatic rings. The third-order valence-corrected chi connectivity index (χ3v) is 14.1. The molecule has 0 spiro atoms. The fourth-order valence-corrected chi connectivity index (χ4v) is 10.0. The van der Waals surface area contributed by atoms with E-state index in [-0.39, 0.29) is 76.8 Å². The summed E-state index contributed by atoms with van der Waals surface area (Å²) in [6.45, 7) is 17.8. The van der Waals surface area contributed by atoms with E-state index in [9.17, 15) is 33.6 Å². The van der Waals surface area contributed by atoms with Crippen LogP contribution in [0, 0.1) is 23.7 Å². The Morgan fingerprint density at radius 1 is 0.700 bits per heavy atom. The minimum absolute atomic E-state index is 0.00657. The zero-order valence-electron chi connectivity index (χ0n) is 43.3. The third kappa shape index (κ3) is 16.2. The number of amides is 6. The monoisotopic (exact) mass is 993 g/mol. The van der Waals surface area contributed by atoms with Crippen molar-refractivity contribution in [2.24, 2.45) is 29.4 Å². The van der Waals surface area contributed by atoms with Crippen molar-refractivity contribution >= 4 is 52.5 Å².